The van der Waals surface area contributed by atoms with Crippen LogP contribution in [0.5, 0.6) is 0 Å². The average Bonchev–Trinajstić information content (AvgIpc) is 2.93. The quantitative estimate of drug-likeness (QED) is 0.485. The first kappa shape index (κ1) is 23.1. The minimum absolute atomic E-state index is 0. The van der Waals surface area contributed by atoms with Crippen LogP contribution in [-0.4, -0.2) is 47.5 Å². The van der Waals surface area contributed by atoms with Gasteiger partial charge in [0.2, 0.25) is 0 Å². The lowest BCUT2D eigenvalue weighted by Crippen LogP contribution is -2.12. The molecule has 0 amide bonds. The van der Waals surface area contributed by atoms with Crippen LogP contribution in [0.2, 0.25) is 5.02 Å². The van der Waals surface area contributed by atoms with E-state index in [0.717, 1.165) is 24.1 Å². The second-order valence-electron chi connectivity index (χ2n) is 5.92. The molecule has 0 atom stereocenters. The van der Waals surface area contributed by atoms with Gasteiger partial charge in [0.05, 0.1) is 11.2 Å². The van der Waals surface area contributed by atoms with E-state index in [4.69, 9.17) is 41.6 Å². The van der Waals surface area contributed by atoms with Crippen molar-refractivity contribution in [3.05, 3.63) is 35.4 Å². The smallest absolute Gasteiger partial charge is 0.450 e. The maximum Gasteiger partial charge on any atom is 0.503 e. The maximum atomic E-state index is 8.56. The summed E-state index contributed by atoms with van der Waals surface area (Å²) in [5.74, 6) is 0. The van der Waals surface area contributed by atoms with Gasteiger partial charge in [-0.05, 0) is 17.9 Å². The van der Waals surface area contributed by atoms with Crippen LogP contribution in [0.1, 0.15) is 19.5 Å². The summed E-state index contributed by atoms with van der Waals surface area (Å²) in [5.41, 5.74) is 3.74. The Bertz CT molecular complexity index is 742. The topological polar surface area (TPSA) is 181 Å². The molecule has 0 spiro atoms. The summed E-state index contributed by atoms with van der Waals surface area (Å²) >= 11 is 6.19. The third-order valence-corrected chi connectivity index (χ3v) is 3.54. The standard InChI is InChI=1S/C13H14ClN3.2CH2O3.H3N/c1-13(2)5-12-10(6-16-17(12)8-13)9-3-4-15-7-11(9)14;2*2-1(3)4;/h3-4,6-7H,5,8H2,1-2H3;2*(H2,2,3,4);1H3. The highest BCUT2D eigenvalue weighted by molar-refractivity contribution is 6.33. The Morgan fingerprint density at radius 3 is 2.15 bits per heavy atom. The Morgan fingerprint density at radius 1 is 1.12 bits per heavy atom. The molecule has 0 aromatic carbocycles. The zero-order valence-corrected chi connectivity index (χ0v) is 15.0. The molecule has 10 nitrogen and oxygen atoms in total. The van der Waals surface area contributed by atoms with Crippen LogP contribution in [0, 0.1) is 5.41 Å². The van der Waals surface area contributed by atoms with Gasteiger partial charge < -0.3 is 26.6 Å². The Morgan fingerprint density at radius 2 is 1.65 bits per heavy atom. The molecule has 0 saturated heterocycles. The van der Waals surface area contributed by atoms with Crippen LogP contribution < -0.4 is 6.15 Å². The summed E-state index contributed by atoms with van der Waals surface area (Å²) in [4.78, 5) is 21.1. The number of hydrogen-bond acceptors (Lipinski definition) is 5. The summed E-state index contributed by atoms with van der Waals surface area (Å²) in [6.45, 7) is 5.50. The van der Waals surface area contributed by atoms with E-state index in [1.54, 1.807) is 12.4 Å². The van der Waals surface area contributed by atoms with Crippen molar-refractivity contribution >= 4 is 23.9 Å². The average molecular weight is 389 g/mol. The number of halogens is 1. The summed E-state index contributed by atoms with van der Waals surface area (Å²) in [6, 6.07) is 1.95. The maximum absolute atomic E-state index is 8.56. The minimum Gasteiger partial charge on any atom is -0.450 e. The summed E-state index contributed by atoms with van der Waals surface area (Å²) in [6.07, 6.45) is 2.74. The van der Waals surface area contributed by atoms with E-state index in [1.165, 1.54) is 5.69 Å². The fourth-order valence-corrected chi connectivity index (χ4v) is 2.69. The third kappa shape index (κ3) is 6.95. The lowest BCUT2D eigenvalue weighted by atomic mass is 9.90. The van der Waals surface area contributed by atoms with E-state index in [0.29, 0.717) is 5.02 Å². The van der Waals surface area contributed by atoms with E-state index >= 15 is 0 Å². The highest BCUT2D eigenvalue weighted by Crippen LogP contribution is 2.38. The number of carboxylic acid groups (broad SMARTS) is 4. The second kappa shape index (κ2) is 9.59. The van der Waals surface area contributed by atoms with Gasteiger partial charge in [0, 0.05) is 35.8 Å². The summed E-state index contributed by atoms with van der Waals surface area (Å²) in [5, 5.41) is 33.0. The lowest BCUT2D eigenvalue weighted by Gasteiger charge is -2.14. The van der Waals surface area contributed by atoms with Gasteiger partial charge in [-0.15, -0.1) is 0 Å². The lowest BCUT2D eigenvalue weighted by molar-refractivity contribution is 0.135. The van der Waals surface area contributed by atoms with Crippen LogP contribution >= 0.6 is 11.6 Å². The van der Waals surface area contributed by atoms with E-state index in [9.17, 15) is 0 Å². The molecule has 11 heteroatoms. The fourth-order valence-electron chi connectivity index (χ4n) is 2.47. The fraction of sp³-hybridized carbons (Fsp3) is 0.333. The molecule has 2 aromatic rings. The van der Waals surface area contributed by atoms with Crippen LogP contribution in [0.3, 0.4) is 0 Å². The van der Waals surface area contributed by atoms with Gasteiger partial charge >= 0.3 is 12.3 Å². The third-order valence-electron chi connectivity index (χ3n) is 3.24. The van der Waals surface area contributed by atoms with Gasteiger partial charge in [0.25, 0.3) is 0 Å². The number of aromatic nitrogens is 3. The van der Waals surface area contributed by atoms with Gasteiger partial charge in [-0.3, -0.25) is 9.67 Å². The van der Waals surface area contributed by atoms with Crippen molar-refractivity contribution < 1.29 is 30.0 Å². The molecule has 0 radical (unpaired) electrons. The molecule has 3 heterocycles. The summed E-state index contributed by atoms with van der Waals surface area (Å²) in [7, 11) is 0. The molecule has 1 aliphatic heterocycles. The van der Waals surface area contributed by atoms with Crippen molar-refractivity contribution in [2.75, 3.05) is 0 Å². The van der Waals surface area contributed by atoms with Gasteiger partial charge in [0.1, 0.15) is 0 Å². The number of pyridine rings is 1. The van der Waals surface area contributed by atoms with E-state index in [1.807, 2.05) is 12.3 Å². The van der Waals surface area contributed by atoms with Crippen molar-refractivity contribution in [3.63, 3.8) is 0 Å². The minimum atomic E-state index is -1.83. The molecule has 144 valence electrons. The van der Waals surface area contributed by atoms with Crippen molar-refractivity contribution in [2.24, 2.45) is 5.41 Å². The molecule has 3 rings (SSSR count). The monoisotopic (exact) mass is 388 g/mol. The number of carbonyl (C=O) groups is 2. The molecule has 7 N–H and O–H groups in total. The van der Waals surface area contributed by atoms with Crippen LogP contribution in [-0.2, 0) is 13.0 Å². The van der Waals surface area contributed by atoms with E-state index in [-0.39, 0.29) is 11.6 Å². The van der Waals surface area contributed by atoms with Gasteiger partial charge in [0.15, 0.2) is 0 Å². The SMILES string of the molecule is CC1(C)Cc2c(-c3ccncc3Cl)cnn2C1.N.O=C(O)O.O=C(O)O. The molecule has 0 saturated carbocycles. The van der Waals surface area contributed by atoms with Crippen LogP contribution in [0.4, 0.5) is 9.59 Å². The number of fused-ring (bicyclic) bond motifs is 1. The van der Waals surface area contributed by atoms with Gasteiger partial charge in [-0.2, -0.15) is 5.10 Å². The molecule has 0 bridgehead atoms. The predicted octanol–water partition coefficient (Wildman–Crippen LogP) is 3.79. The molecule has 0 aliphatic carbocycles. The molecular formula is C15H21ClN4O6. The number of hydrogen-bond donors (Lipinski definition) is 5. The molecule has 0 unspecified atom stereocenters. The largest absolute Gasteiger partial charge is 0.503 e. The number of rotatable bonds is 1. The Labute approximate surface area is 154 Å². The summed E-state index contributed by atoms with van der Waals surface area (Å²) < 4.78 is 2.09. The zero-order valence-electron chi connectivity index (χ0n) is 14.3. The van der Waals surface area contributed by atoms with Gasteiger partial charge in [-0.25, -0.2) is 9.59 Å². The normalized spacial score (nSPS) is 13.0. The molecule has 26 heavy (non-hydrogen) atoms. The van der Waals surface area contributed by atoms with Crippen molar-refractivity contribution in [1.82, 2.24) is 20.9 Å². The Balaban J connectivity index is 0.000000596. The number of nitrogens with zero attached hydrogens (tertiary/aromatic N) is 3. The molecular weight excluding hydrogens is 368 g/mol. The molecule has 2 aromatic heterocycles. The predicted molar refractivity (Wildman–Crippen MR) is 94.3 cm³/mol. The molecule has 0 fully saturated rings. The first-order valence-electron chi connectivity index (χ1n) is 7.02. The second-order valence-corrected chi connectivity index (χ2v) is 6.33. The van der Waals surface area contributed by atoms with E-state index in [2.05, 4.69) is 28.6 Å². The van der Waals surface area contributed by atoms with E-state index < -0.39 is 12.3 Å². The van der Waals surface area contributed by atoms with Gasteiger partial charge in [-0.1, -0.05) is 25.4 Å². The van der Waals surface area contributed by atoms with Crippen molar-refractivity contribution in [2.45, 2.75) is 26.8 Å². The van der Waals surface area contributed by atoms with Crippen molar-refractivity contribution in [1.29, 1.82) is 0 Å². The zero-order chi connectivity index (χ0) is 19.2. The highest BCUT2D eigenvalue weighted by Gasteiger charge is 2.31. The molecule has 1 aliphatic rings. The first-order chi connectivity index (χ1) is 11.5. The van der Waals surface area contributed by atoms with Crippen molar-refractivity contribution in [3.8, 4) is 11.1 Å². The van der Waals surface area contributed by atoms with Crippen LogP contribution in [0.25, 0.3) is 11.1 Å². The highest BCUT2D eigenvalue weighted by atomic mass is 35.5. The first-order valence-corrected chi connectivity index (χ1v) is 7.39. The Hall–Kier alpha value is -2.85. The van der Waals surface area contributed by atoms with Crippen LogP contribution in [0.15, 0.2) is 24.7 Å². The Kier molecular flexibility index (Phi) is 8.54.